The van der Waals surface area contributed by atoms with Crippen LogP contribution in [-0.2, 0) is 0 Å². The van der Waals surface area contributed by atoms with Gasteiger partial charge in [-0.2, -0.15) is 10.5 Å². The molecule has 3 aromatic carbocycles. The van der Waals surface area contributed by atoms with Crippen molar-refractivity contribution in [2.75, 3.05) is 0 Å². The van der Waals surface area contributed by atoms with E-state index >= 15 is 0 Å². The maximum atomic E-state index is 9.19. The third kappa shape index (κ3) is 1.41. The number of rotatable bonds is 0. The molecule has 0 spiro atoms. The Hall–Kier alpha value is -2.84. The Bertz CT molecular complexity index is 848. The zero-order valence-corrected chi connectivity index (χ0v) is 9.51. The second-order valence-corrected chi connectivity index (χ2v) is 4.13. The van der Waals surface area contributed by atoms with Gasteiger partial charge in [0.15, 0.2) is 0 Å². The first-order valence-corrected chi connectivity index (χ1v) is 5.59. The standard InChI is InChI=1S/C16H8N2/c17-9-11-5-6-12-8-13(10-18)14-3-1-2-4-15(14)16(12)7-11/h1-8H. The molecule has 3 rings (SSSR count). The molecule has 0 aliphatic rings. The molecule has 0 heterocycles. The van der Waals surface area contributed by atoms with Crippen molar-refractivity contribution >= 4 is 21.5 Å². The number of fused-ring (bicyclic) bond motifs is 3. The van der Waals surface area contributed by atoms with Crippen LogP contribution in [0.5, 0.6) is 0 Å². The van der Waals surface area contributed by atoms with E-state index in [4.69, 9.17) is 5.26 Å². The Labute approximate surface area is 104 Å². The van der Waals surface area contributed by atoms with E-state index in [1.165, 1.54) is 0 Å². The molecule has 18 heavy (non-hydrogen) atoms. The van der Waals surface area contributed by atoms with Crippen LogP contribution in [0.4, 0.5) is 0 Å². The summed E-state index contributed by atoms with van der Waals surface area (Å²) in [4.78, 5) is 0. The average molecular weight is 228 g/mol. The maximum Gasteiger partial charge on any atom is 0.0998 e. The lowest BCUT2D eigenvalue weighted by atomic mass is 9.96. The SMILES string of the molecule is N#Cc1ccc2cc(C#N)c3ccccc3c2c1. The fraction of sp³-hybridized carbons (Fsp3) is 0. The predicted octanol–water partition coefficient (Wildman–Crippen LogP) is 3.74. The average Bonchev–Trinajstić information content (AvgIpc) is 2.45. The van der Waals surface area contributed by atoms with Gasteiger partial charge >= 0.3 is 0 Å². The molecule has 3 aromatic rings. The van der Waals surface area contributed by atoms with Crippen molar-refractivity contribution < 1.29 is 0 Å². The normalized spacial score (nSPS) is 10.1. The predicted molar refractivity (Wildman–Crippen MR) is 70.9 cm³/mol. The van der Waals surface area contributed by atoms with E-state index in [9.17, 15) is 5.26 Å². The van der Waals surface area contributed by atoms with Gasteiger partial charge in [-0.15, -0.1) is 0 Å². The molecule has 0 amide bonds. The summed E-state index contributed by atoms with van der Waals surface area (Å²) < 4.78 is 0. The molecule has 0 bridgehead atoms. The first-order valence-electron chi connectivity index (χ1n) is 5.59. The number of nitrogens with zero attached hydrogens (tertiary/aromatic N) is 2. The van der Waals surface area contributed by atoms with Crippen LogP contribution in [0.2, 0.25) is 0 Å². The number of benzene rings is 3. The Morgan fingerprint density at radius 3 is 2.22 bits per heavy atom. The third-order valence-electron chi connectivity index (χ3n) is 3.11. The van der Waals surface area contributed by atoms with Crippen LogP contribution in [-0.4, -0.2) is 0 Å². The molecule has 2 nitrogen and oxygen atoms in total. The number of hydrogen-bond donors (Lipinski definition) is 0. The first-order chi connectivity index (χ1) is 8.83. The minimum Gasteiger partial charge on any atom is -0.192 e. The van der Waals surface area contributed by atoms with Gasteiger partial charge in [-0.3, -0.25) is 0 Å². The van der Waals surface area contributed by atoms with Crippen LogP contribution >= 0.6 is 0 Å². The van der Waals surface area contributed by atoms with E-state index in [-0.39, 0.29) is 0 Å². The molecule has 0 unspecified atom stereocenters. The van der Waals surface area contributed by atoms with E-state index < -0.39 is 0 Å². The topological polar surface area (TPSA) is 47.6 Å². The van der Waals surface area contributed by atoms with Gasteiger partial charge < -0.3 is 0 Å². The quantitative estimate of drug-likeness (QED) is 0.550. The van der Waals surface area contributed by atoms with Crippen molar-refractivity contribution in [1.82, 2.24) is 0 Å². The van der Waals surface area contributed by atoms with Gasteiger partial charge in [0, 0.05) is 5.39 Å². The molecule has 0 saturated heterocycles. The smallest absolute Gasteiger partial charge is 0.0998 e. The van der Waals surface area contributed by atoms with E-state index in [0.717, 1.165) is 21.5 Å². The molecule has 0 N–H and O–H groups in total. The highest BCUT2D eigenvalue weighted by atomic mass is 14.3. The lowest BCUT2D eigenvalue weighted by molar-refractivity contribution is 1.49. The van der Waals surface area contributed by atoms with Crippen LogP contribution < -0.4 is 0 Å². The van der Waals surface area contributed by atoms with Gasteiger partial charge in [0.25, 0.3) is 0 Å². The Morgan fingerprint density at radius 1 is 0.722 bits per heavy atom. The minimum absolute atomic E-state index is 0.636. The Kier molecular flexibility index (Phi) is 2.22. The fourth-order valence-corrected chi connectivity index (χ4v) is 2.26. The zero-order chi connectivity index (χ0) is 12.5. The van der Waals surface area contributed by atoms with Crippen molar-refractivity contribution in [1.29, 1.82) is 10.5 Å². The van der Waals surface area contributed by atoms with Crippen molar-refractivity contribution in [2.45, 2.75) is 0 Å². The molecule has 0 atom stereocenters. The van der Waals surface area contributed by atoms with Crippen molar-refractivity contribution in [2.24, 2.45) is 0 Å². The Morgan fingerprint density at radius 2 is 1.50 bits per heavy atom. The Balaban J connectivity index is 2.58. The lowest BCUT2D eigenvalue weighted by Gasteiger charge is -2.06. The maximum absolute atomic E-state index is 9.19. The highest BCUT2D eigenvalue weighted by molar-refractivity contribution is 6.10. The fourth-order valence-electron chi connectivity index (χ4n) is 2.26. The van der Waals surface area contributed by atoms with Crippen LogP contribution in [0.1, 0.15) is 11.1 Å². The van der Waals surface area contributed by atoms with E-state index in [0.29, 0.717) is 11.1 Å². The molecular formula is C16H8N2. The molecular weight excluding hydrogens is 220 g/mol. The summed E-state index contributed by atoms with van der Waals surface area (Å²) in [5, 5.41) is 22.1. The second kappa shape index (κ2) is 3.87. The largest absolute Gasteiger partial charge is 0.192 e. The number of nitriles is 2. The monoisotopic (exact) mass is 228 g/mol. The van der Waals surface area contributed by atoms with E-state index in [2.05, 4.69) is 12.1 Å². The van der Waals surface area contributed by atoms with Crippen molar-refractivity contribution in [3.8, 4) is 12.1 Å². The van der Waals surface area contributed by atoms with Crippen LogP contribution in [0.3, 0.4) is 0 Å². The van der Waals surface area contributed by atoms with Crippen molar-refractivity contribution in [3.05, 3.63) is 59.7 Å². The molecule has 0 radical (unpaired) electrons. The second-order valence-electron chi connectivity index (χ2n) is 4.13. The molecule has 2 heteroatoms. The summed E-state index contributed by atoms with van der Waals surface area (Å²) in [6.07, 6.45) is 0. The summed E-state index contributed by atoms with van der Waals surface area (Å²) >= 11 is 0. The van der Waals surface area contributed by atoms with Gasteiger partial charge in [-0.1, -0.05) is 30.3 Å². The van der Waals surface area contributed by atoms with Gasteiger partial charge in [-0.05, 0) is 34.4 Å². The third-order valence-corrected chi connectivity index (χ3v) is 3.11. The highest BCUT2D eigenvalue weighted by Gasteiger charge is 2.06. The van der Waals surface area contributed by atoms with E-state index in [1.807, 2.05) is 42.5 Å². The van der Waals surface area contributed by atoms with Crippen LogP contribution in [0.15, 0.2) is 48.5 Å². The molecule has 82 valence electrons. The first kappa shape index (κ1) is 10.3. The van der Waals surface area contributed by atoms with Crippen molar-refractivity contribution in [3.63, 3.8) is 0 Å². The molecule has 0 aliphatic carbocycles. The van der Waals surface area contributed by atoms with E-state index in [1.54, 1.807) is 6.07 Å². The number of hydrogen-bond acceptors (Lipinski definition) is 2. The zero-order valence-electron chi connectivity index (χ0n) is 9.51. The summed E-state index contributed by atoms with van der Waals surface area (Å²) in [6.45, 7) is 0. The van der Waals surface area contributed by atoms with Gasteiger partial charge in [0.1, 0.15) is 0 Å². The summed E-state index contributed by atoms with van der Waals surface area (Å²) in [5.41, 5.74) is 1.31. The van der Waals surface area contributed by atoms with Gasteiger partial charge in [0.05, 0.1) is 23.3 Å². The lowest BCUT2D eigenvalue weighted by Crippen LogP contribution is -1.84. The van der Waals surface area contributed by atoms with Gasteiger partial charge in [-0.25, -0.2) is 0 Å². The van der Waals surface area contributed by atoms with Crippen LogP contribution in [0.25, 0.3) is 21.5 Å². The molecule has 0 aromatic heterocycles. The summed E-state index contributed by atoms with van der Waals surface area (Å²) in [7, 11) is 0. The van der Waals surface area contributed by atoms with Gasteiger partial charge in [0.2, 0.25) is 0 Å². The highest BCUT2D eigenvalue weighted by Crippen LogP contribution is 2.28. The summed E-state index contributed by atoms with van der Waals surface area (Å²) in [5.74, 6) is 0. The summed E-state index contributed by atoms with van der Waals surface area (Å²) in [6, 6.07) is 19.6. The molecule has 0 fully saturated rings. The molecule has 0 aliphatic heterocycles. The molecule has 0 saturated carbocycles. The van der Waals surface area contributed by atoms with Crippen LogP contribution in [0, 0.1) is 22.7 Å². The minimum atomic E-state index is 0.636.